The molecule has 1 saturated heterocycles. The van der Waals surface area contributed by atoms with Gasteiger partial charge in [0.15, 0.2) is 0 Å². The second-order valence-corrected chi connectivity index (χ2v) is 5.51. The molecule has 0 aromatic heterocycles. The Labute approximate surface area is 93.0 Å². The highest BCUT2D eigenvalue weighted by Crippen LogP contribution is 2.40. The third kappa shape index (κ3) is 1.24. The van der Waals surface area contributed by atoms with Crippen molar-refractivity contribution in [2.75, 3.05) is 13.1 Å². The lowest BCUT2D eigenvalue weighted by atomic mass is 9.68. The lowest BCUT2D eigenvalue weighted by Crippen LogP contribution is -2.56. The van der Waals surface area contributed by atoms with E-state index in [9.17, 15) is 0 Å². The number of benzene rings is 1. The molecule has 2 heteroatoms. The fourth-order valence-corrected chi connectivity index (χ4v) is 3.23. The van der Waals surface area contributed by atoms with E-state index in [0.29, 0.717) is 5.41 Å². The highest BCUT2D eigenvalue weighted by atomic mass is 79.9. The molecule has 3 rings (SSSR count). The second-order valence-electron chi connectivity index (χ2n) is 4.66. The van der Waals surface area contributed by atoms with Crippen LogP contribution in [0.3, 0.4) is 0 Å². The maximum atomic E-state index is 3.67. The zero-order valence-electron chi connectivity index (χ0n) is 8.15. The molecule has 1 heterocycles. The van der Waals surface area contributed by atoms with Crippen molar-refractivity contribution in [3.63, 3.8) is 0 Å². The van der Waals surface area contributed by atoms with Gasteiger partial charge in [-0.25, -0.2) is 0 Å². The van der Waals surface area contributed by atoms with Gasteiger partial charge in [-0.3, -0.25) is 0 Å². The van der Waals surface area contributed by atoms with E-state index in [1.165, 1.54) is 36.8 Å². The summed E-state index contributed by atoms with van der Waals surface area (Å²) in [6, 6.07) is 6.60. The Bertz CT molecular complexity index is 369. The smallest absolute Gasteiger partial charge is 0.0210 e. The van der Waals surface area contributed by atoms with Crippen molar-refractivity contribution in [3.05, 3.63) is 33.8 Å². The van der Waals surface area contributed by atoms with E-state index in [2.05, 4.69) is 39.4 Å². The van der Waals surface area contributed by atoms with Gasteiger partial charge in [-0.2, -0.15) is 0 Å². The van der Waals surface area contributed by atoms with Crippen molar-refractivity contribution >= 4 is 15.9 Å². The van der Waals surface area contributed by atoms with E-state index < -0.39 is 0 Å². The molecule has 0 unspecified atom stereocenters. The number of fused-ring (bicyclic) bond motifs is 1. The standard InChI is InChI=1S/C12H14BrN/c13-11-3-1-2-9-4-5-12(6-10(9)11)7-14-8-12/h1-3,14H,4-8H2. The van der Waals surface area contributed by atoms with Gasteiger partial charge in [-0.1, -0.05) is 28.1 Å². The first kappa shape index (κ1) is 8.93. The van der Waals surface area contributed by atoms with Crippen molar-refractivity contribution < 1.29 is 0 Å². The van der Waals surface area contributed by atoms with Gasteiger partial charge in [0.25, 0.3) is 0 Å². The van der Waals surface area contributed by atoms with Gasteiger partial charge in [0.1, 0.15) is 0 Å². The third-order valence-electron chi connectivity index (χ3n) is 3.69. The zero-order valence-corrected chi connectivity index (χ0v) is 9.73. The Kier molecular flexibility index (Phi) is 1.96. The first-order chi connectivity index (χ1) is 6.79. The van der Waals surface area contributed by atoms with Crippen LogP contribution in [0.15, 0.2) is 22.7 Å². The average Bonchev–Trinajstić information content (AvgIpc) is 2.16. The fourth-order valence-electron chi connectivity index (χ4n) is 2.68. The summed E-state index contributed by atoms with van der Waals surface area (Å²) < 4.78 is 1.31. The van der Waals surface area contributed by atoms with Crippen LogP contribution < -0.4 is 5.32 Å². The number of rotatable bonds is 0. The molecule has 0 radical (unpaired) electrons. The van der Waals surface area contributed by atoms with Crippen LogP contribution >= 0.6 is 15.9 Å². The van der Waals surface area contributed by atoms with Crippen molar-refractivity contribution in [1.82, 2.24) is 5.32 Å². The highest BCUT2D eigenvalue weighted by molar-refractivity contribution is 9.10. The minimum Gasteiger partial charge on any atom is -0.316 e. The van der Waals surface area contributed by atoms with Gasteiger partial charge in [0.2, 0.25) is 0 Å². The summed E-state index contributed by atoms with van der Waals surface area (Å²) in [5.41, 5.74) is 3.70. The Morgan fingerprint density at radius 2 is 2.14 bits per heavy atom. The molecule has 1 N–H and O–H groups in total. The molecule has 0 bridgehead atoms. The van der Waals surface area contributed by atoms with Crippen LogP contribution in [0.5, 0.6) is 0 Å². The molecule has 0 saturated carbocycles. The summed E-state index contributed by atoms with van der Waals surface area (Å²) >= 11 is 3.67. The van der Waals surface area contributed by atoms with E-state index >= 15 is 0 Å². The van der Waals surface area contributed by atoms with E-state index in [0.717, 1.165) is 0 Å². The second kappa shape index (κ2) is 3.07. The molecule has 74 valence electrons. The maximum Gasteiger partial charge on any atom is 0.0210 e. The van der Waals surface area contributed by atoms with Crippen LogP contribution in [-0.4, -0.2) is 13.1 Å². The van der Waals surface area contributed by atoms with Gasteiger partial charge >= 0.3 is 0 Å². The SMILES string of the molecule is Brc1cccc2c1CC1(CC2)CNC1. The lowest BCUT2D eigenvalue weighted by Gasteiger charge is -2.46. The summed E-state index contributed by atoms with van der Waals surface area (Å²) in [6.45, 7) is 2.43. The Balaban J connectivity index is 2.00. The first-order valence-electron chi connectivity index (χ1n) is 5.26. The zero-order chi connectivity index (χ0) is 9.60. The number of halogens is 1. The molecular formula is C12H14BrN. The highest BCUT2D eigenvalue weighted by Gasteiger charge is 2.39. The van der Waals surface area contributed by atoms with E-state index in [4.69, 9.17) is 0 Å². The van der Waals surface area contributed by atoms with Crippen LogP contribution in [0, 0.1) is 5.41 Å². The summed E-state index contributed by atoms with van der Waals surface area (Å²) in [6.07, 6.45) is 3.89. The van der Waals surface area contributed by atoms with Gasteiger partial charge in [0.05, 0.1) is 0 Å². The predicted octanol–water partition coefficient (Wildman–Crippen LogP) is 2.53. The Morgan fingerprint density at radius 1 is 1.29 bits per heavy atom. The molecule has 1 nitrogen and oxygen atoms in total. The largest absolute Gasteiger partial charge is 0.316 e. The minimum absolute atomic E-state index is 0.594. The number of nitrogens with one attached hydrogen (secondary N) is 1. The van der Waals surface area contributed by atoms with Gasteiger partial charge in [-0.15, -0.1) is 0 Å². The summed E-state index contributed by atoms with van der Waals surface area (Å²) in [5, 5.41) is 3.41. The van der Waals surface area contributed by atoms with Crippen LogP contribution in [0.2, 0.25) is 0 Å². The quantitative estimate of drug-likeness (QED) is 0.748. The molecule has 1 aromatic rings. The predicted molar refractivity (Wildman–Crippen MR) is 61.5 cm³/mol. The van der Waals surface area contributed by atoms with Gasteiger partial charge in [-0.05, 0) is 41.9 Å². The first-order valence-corrected chi connectivity index (χ1v) is 6.05. The topological polar surface area (TPSA) is 12.0 Å². The molecular weight excluding hydrogens is 238 g/mol. The fraction of sp³-hybridized carbons (Fsp3) is 0.500. The molecule has 1 aliphatic carbocycles. The lowest BCUT2D eigenvalue weighted by molar-refractivity contribution is 0.143. The molecule has 14 heavy (non-hydrogen) atoms. The van der Waals surface area contributed by atoms with E-state index in [1.54, 1.807) is 11.1 Å². The Morgan fingerprint density at radius 3 is 2.86 bits per heavy atom. The number of aryl methyl sites for hydroxylation is 1. The van der Waals surface area contributed by atoms with Crippen molar-refractivity contribution in [3.8, 4) is 0 Å². The van der Waals surface area contributed by atoms with Crippen LogP contribution in [0.25, 0.3) is 0 Å². The van der Waals surface area contributed by atoms with Crippen molar-refractivity contribution in [2.24, 2.45) is 5.41 Å². The Hall–Kier alpha value is -0.340. The van der Waals surface area contributed by atoms with Gasteiger partial charge in [0, 0.05) is 17.6 Å². The third-order valence-corrected chi connectivity index (χ3v) is 4.44. The molecule has 2 aliphatic rings. The van der Waals surface area contributed by atoms with Crippen molar-refractivity contribution in [1.29, 1.82) is 0 Å². The molecule has 1 aliphatic heterocycles. The van der Waals surface area contributed by atoms with Crippen molar-refractivity contribution in [2.45, 2.75) is 19.3 Å². The molecule has 1 fully saturated rings. The summed E-state index contributed by atoms with van der Waals surface area (Å²) in [7, 11) is 0. The monoisotopic (exact) mass is 251 g/mol. The number of hydrogen-bond donors (Lipinski definition) is 1. The molecule has 1 spiro atoms. The summed E-state index contributed by atoms with van der Waals surface area (Å²) in [5.74, 6) is 0. The van der Waals surface area contributed by atoms with E-state index in [1.807, 2.05) is 0 Å². The summed E-state index contributed by atoms with van der Waals surface area (Å²) in [4.78, 5) is 0. The normalized spacial score (nSPS) is 22.9. The molecule has 0 amide bonds. The van der Waals surface area contributed by atoms with Crippen LogP contribution in [0.4, 0.5) is 0 Å². The van der Waals surface area contributed by atoms with Crippen LogP contribution in [-0.2, 0) is 12.8 Å². The molecule has 1 aromatic carbocycles. The average molecular weight is 252 g/mol. The van der Waals surface area contributed by atoms with Gasteiger partial charge < -0.3 is 5.32 Å². The molecule has 0 atom stereocenters. The minimum atomic E-state index is 0.594. The van der Waals surface area contributed by atoms with E-state index in [-0.39, 0.29) is 0 Å². The maximum absolute atomic E-state index is 3.67. The van der Waals surface area contributed by atoms with Crippen LogP contribution in [0.1, 0.15) is 17.5 Å². The number of hydrogen-bond acceptors (Lipinski definition) is 1.